The molecule has 1 amide bonds. The van der Waals surface area contributed by atoms with Gasteiger partial charge in [-0.2, -0.15) is 0 Å². The monoisotopic (exact) mass is 359 g/mol. The lowest BCUT2D eigenvalue weighted by Crippen LogP contribution is -2.48. The molecule has 1 aliphatic heterocycles. The molecule has 1 fully saturated rings. The summed E-state index contributed by atoms with van der Waals surface area (Å²) in [5.74, 6) is 0.592. The number of nitrogens with zero attached hydrogens (tertiary/aromatic N) is 4. The zero-order valence-electron chi connectivity index (χ0n) is 14.3. The number of nitrogens with one attached hydrogen (secondary N) is 1. The number of rotatable bonds is 5. The standard InChI is InChI=1S/C18H22ClN5O/c1-2-23-9-11-24(12-10-23)18(25)16-7-8-17(22-21-16)20-13-14-3-5-15(19)6-4-14/h3-8H,2,9-13H2,1H3,(H,20,22). The maximum absolute atomic E-state index is 12.5. The molecule has 1 saturated heterocycles. The molecule has 6 nitrogen and oxygen atoms in total. The number of piperazine rings is 1. The molecular weight excluding hydrogens is 338 g/mol. The maximum atomic E-state index is 12.5. The molecule has 1 N–H and O–H groups in total. The van der Waals surface area contributed by atoms with Crippen LogP contribution in [0.5, 0.6) is 0 Å². The lowest BCUT2D eigenvalue weighted by Gasteiger charge is -2.33. The largest absolute Gasteiger partial charge is 0.365 e. The summed E-state index contributed by atoms with van der Waals surface area (Å²) in [7, 11) is 0. The molecule has 2 aromatic rings. The first kappa shape index (κ1) is 17.6. The zero-order chi connectivity index (χ0) is 17.6. The molecule has 0 aliphatic carbocycles. The van der Waals surface area contributed by atoms with Crippen LogP contribution in [0.4, 0.5) is 5.82 Å². The highest BCUT2D eigenvalue weighted by atomic mass is 35.5. The van der Waals surface area contributed by atoms with Gasteiger partial charge in [-0.05, 0) is 36.4 Å². The third-order valence-corrected chi connectivity index (χ3v) is 4.63. The Morgan fingerprint density at radius 3 is 2.40 bits per heavy atom. The highest BCUT2D eigenvalue weighted by Gasteiger charge is 2.22. The van der Waals surface area contributed by atoms with Crippen LogP contribution in [0.1, 0.15) is 23.0 Å². The number of halogens is 1. The number of hydrogen-bond donors (Lipinski definition) is 1. The minimum Gasteiger partial charge on any atom is -0.365 e. The highest BCUT2D eigenvalue weighted by Crippen LogP contribution is 2.12. The zero-order valence-corrected chi connectivity index (χ0v) is 15.0. The molecule has 7 heteroatoms. The number of hydrogen-bond acceptors (Lipinski definition) is 5. The first-order chi connectivity index (χ1) is 12.2. The fourth-order valence-electron chi connectivity index (χ4n) is 2.76. The molecule has 1 aromatic carbocycles. The van der Waals surface area contributed by atoms with Crippen LogP contribution in [0.3, 0.4) is 0 Å². The maximum Gasteiger partial charge on any atom is 0.274 e. The Bertz CT molecular complexity index is 696. The number of carbonyl (C=O) groups is 1. The lowest BCUT2D eigenvalue weighted by atomic mass is 10.2. The van der Waals surface area contributed by atoms with Gasteiger partial charge >= 0.3 is 0 Å². The summed E-state index contributed by atoms with van der Waals surface area (Å²) in [6, 6.07) is 11.1. The second kappa shape index (κ2) is 8.27. The van der Waals surface area contributed by atoms with E-state index in [-0.39, 0.29) is 5.91 Å². The van der Waals surface area contributed by atoms with Crippen molar-refractivity contribution in [2.24, 2.45) is 0 Å². The van der Waals surface area contributed by atoms with Gasteiger partial charge in [0, 0.05) is 37.7 Å². The van der Waals surface area contributed by atoms with Crippen LogP contribution in [0.2, 0.25) is 5.02 Å². The summed E-state index contributed by atoms with van der Waals surface area (Å²) in [4.78, 5) is 16.7. The first-order valence-electron chi connectivity index (χ1n) is 8.49. The molecule has 3 rings (SSSR count). The lowest BCUT2D eigenvalue weighted by molar-refractivity contribution is 0.0636. The third-order valence-electron chi connectivity index (χ3n) is 4.38. The molecule has 0 unspecified atom stereocenters. The van der Waals surface area contributed by atoms with E-state index in [1.54, 1.807) is 12.1 Å². The van der Waals surface area contributed by atoms with Gasteiger partial charge in [-0.15, -0.1) is 10.2 Å². The summed E-state index contributed by atoms with van der Waals surface area (Å²) in [6.07, 6.45) is 0. The predicted molar refractivity (Wildman–Crippen MR) is 98.8 cm³/mol. The molecule has 25 heavy (non-hydrogen) atoms. The Morgan fingerprint density at radius 2 is 1.80 bits per heavy atom. The normalized spacial score (nSPS) is 15.2. The molecule has 0 bridgehead atoms. The third kappa shape index (κ3) is 4.67. The van der Waals surface area contributed by atoms with Crippen LogP contribution in [-0.4, -0.2) is 58.6 Å². The summed E-state index contributed by atoms with van der Waals surface area (Å²) >= 11 is 5.87. The molecule has 1 aliphatic rings. The van der Waals surface area contributed by atoms with Gasteiger partial charge in [0.25, 0.3) is 5.91 Å². The fraction of sp³-hybridized carbons (Fsp3) is 0.389. The van der Waals surface area contributed by atoms with Gasteiger partial charge < -0.3 is 15.1 Å². The van der Waals surface area contributed by atoms with Crippen molar-refractivity contribution in [2.75, 3.05) is 38.0 Å². The summed E-state index contributed by atoms with van der Waals surface area (Å²) in [5.41, 5.74) is 1.49. The molecule has 0 spiro atoms. The van der Waals surface area contributed by atoms with Gasteiger partial charge in [-0.3, -0.25) is 4.79 Å². The number of benzene rings is 1. The fourth-order valence-corrected chi connectivity index (χ4v) is 2.89. The van der Waals surface area contributed by atoms with E-state index in [1.165, 1.54) is 0 Å². The van der Waals surface area contributed by atoms with Crippen molar-refractivity contribution in [3.05, 3.63) is 52.7 Å². The predicted octanol–water partition coefficient (Wildman–Crippen LogP) is 2.52. The number of anilines is 1. The van der Waals surface area contributed by atoms with Crippen LogP contribution in [0.15, 0.2) is 36.4 Å². The number of aromatic nitrogens is 2. The second-order valence-electron chi connectivity index (χ2n) is 6.01. The summed E-state index contributed by atoms with van der Waals surface area (Å²) in [6.45, 7) is 7.09. The van der Waals surface area contributed by atoms with Crippen LogP contribution in [0, 0.1) is 0 Å². The average molecular weight is 360 g/mol. The van der Waals surface area contributed by atoms with Gasteiger partial charge in [0.15, 0.2) is 5.69 Å². The van der Waals surface area contributed by atoms with Gasteiger partial charge in [-0.1, -0.05) is 30.7 Å². The molecule has 0 radical (unpaired) electrons. The Kier molecular flexibility index (Phi) is 5.83. The molecule has 1 aromatic heterocycles. The van der Waals surface area contributed by atoms with Crippen molar-refractivity contribution >= 4 is 23.3 Å². The summed E-state index contributed by atoms with van der Waals surface area (Å²) < 4.78 is 0. The molecule has 2 heterocycles. The molecule has 0 saturated carbocycles. The van der Waals surface area contributed by atoms with Gasteiger partial charge in [0.05, 0.1) is 0 Å². The average Bonchev–Trinajstić information content (AvgIpc) is 2.67. The second-order valence-corrected chi connectivity index (χ2v) is 6.45. The van der Waals surface area contributed by atoms with Crippen molar-refractivity contribution in [3.63, 3.8) is 0 Å². The molecular formula is C18H22ClN5O. The smallest absolute Gasteiger partial charge is 0.274 e. The van der Waals surface area contributed by atoms with E-state index in [4.69, 9.17) is 11.6 Å². The van der Waals surface area contributed by atoms with E-state index in [9.17, 15) is 4.79 Å². The Morgan fingerprint density at radius 1 is 1.08 bits per heavy atom. The van der Waals surface area contributed by atoms with E-state index in [0.29, 0.717) is 23.1 Å². The van der Waals surface area contributed by atoms with Crippen LogP contribution < -0.4 is 5.32 Å². The molecule has 132 valence electrons. The highest BCUT2D eigenvalue weighted by molar-refractivity contribution is 6.30. The number of likely N-dealkylation sites (N-methyl/N-ethyl adjacent to an activating group) is 1. The van der Waals surface area contributed by atoms with Crippen molar-refractivity contribution < 1.29 is 4.79 Å². The molecule has 0 atom stereocenters. The van der Waals surface area contributed by atoms with Crippen molar-refractivity contribution in [1.82, 2.24) is 20.0 Å². The quantitative estimate of drug-likeness (QED) is 0.888. The Balaban J connectivity index is 1.54. The Hall–Kier alpha value is -2.18. The minimum atomic E-state index is -0.0486. The van der Waals surface area contributed by atoms with Crippen LogP contribution in [0.25, 0.3) is 0 Å². The van der Waals surface area contributed by atoms with Gasteiger partial charge in [0.2, 0.25) is 0 Å². The number of amides is 1. The SMILES string of the molecule is CCN1CCN(C(=O)c2ccc(NCc3ccc(Cl)cc3)nn2)CC1. The Labute approximate surface area is 152 Å². The van der Waals surface area contributed by atoms with Crippen molar-refractivity contribution in [2.45, 2.75) is 13.5 Å². The van der Waals surface area contributed by atoms with E-state index < -0.39 is 0 Å². The van der Waals surface area contributed by atoms with E-state index in [1.807, 2.05) is 29.2 Å². The van der Waals surface area contributed by atoms with Gasteiger partial charge in [0.1, 0.15) is 5.82 Å². The first-order valence-corrected chi connectivity index (χ1v) is 8.87. The minimum absolute atomic E-state index is 0.0486. The summed E-state index contributed by atoms with van der Waals surface area (Å²) in [5, 5.41) is 12.1. The van der Waals surface area contributed by atoms with Crippen LogP contribution in [-0.2, 0) is 6.54 Å². The topological polar surface area (TPSA) is 61.4 Å². The van der Waals surface area contributed by atoms with Crippen molar-refractivity contribution in [3.8, 4) is 0 Å². The van der Waals surface area contributed by atoms with E-state index >= 15 is 0 Å². The van der Waals surface area contributed by atoms with E-state index in [0.717, 1.165) is 38.3 Å². The number of carbonyl (C=O) groups excluding carboxylic acids is 1. The van der Waals surface area contributed by atoms with E-state index in [2.05, 4.69) is 27.3 Å². The van der Waals surface area contributed by atoms with Gasteiger partial charge in [-0.25, -0.2) is 0 Å². The van der Waals surface area contributed by atoms with Crippen LogP contribution >= 0.6 is 11.6 Å². The van der Waals surface area contributed by atoms with Crippen molar-refractivity contribution in [1.29, 1.82) is 0 Å².